The number of amides is 1. The molecule has 1 saturated heterocycles. The third-order valence-electron chi connectivity index (χ3n) is 4.00. The zero-order valence-corrected chi connectivity index (χ0v) is 13.7. The smallest absolute Gasteiger partial charge is 0.223 e. The highest BCUT2D eigenvalue weighted by Gasteiger charge is 2.30. The first-order valence-electron chi connectivity index (χ1n) is 7.71. The van der Waals surface area contributed by atoms with Crippen molar-refractivity contribution in [2.24, 2.45) is 0 Å². The quantitative estimate of drug-likeness (QED) is 0.820. The van der Waals surface area contributed by atoms with Gasteiger partial charge >= 0.3 is 0 Å². The molecule has 23 heavy (non-hydrogen) atoms. The van der Waals surface area contributed by atoms with Crippen molar-refractivity contribution in [1.82, 2.24) is 24.9 Å². The fourth-order valence-corrected chi connectivity index (χ4v) is 2.93. The Balaban J connectivity index is 1.61. The zero-order valence-electron chi connectivity index (χ0n) is 13.7. The van der Waals surface area contributed by atoms with Crippen molar-refractivity contribution in [1.29, 1.82) is 0 Å². The standard InChI is InChI=1S/C15H21N5O3/c1-10-6-16-15(22-10)9-20(12(3)21)13-4-5-19(7-13)8-14-17-11(2)23-18-14/h6,13H,4-5,7-9H2,1-3H3. The van der Waals surface area contributed by atoms with Crippen LogP contribution in [-0.2, 0) is 17.9 Å². The summed E-state index contributed by atoms with van der Waals surface area (Å²) in [5, 5.41) is 3.92. The molecule has 0 radical (unpaired) electrons. The summed E-state index contributed by atoms with van der Waals surface area (Å²) in [4.78, 5) is 24.5. The number of nitrogens with zero attached hydrogens (tertiary/aromatic N) is 5. The molecule has 1 fully saturated rings. The maximum absolute atomic E-state index is 12.0. The molecule has 8 nitrogen and oxygen atoms in total. The van der Waals surface area contributed by atoms with Gasteiger partial charge < -0.3 is 13.8 Å². The summed E-state index contributed by atoms with van der Waals surface area (Å²) >= 11 is 0. The molecule has 1 unspecified atom stereocenters. The Bertz CT molecular complexity index is 680. The van der Waals surface area contributed by atoms with E-state index < -0.39 is 0 Å². The van der Waals surface area contributed by atoms with Crippen molar-refractivity contribution >= 4 is 5.91 Å². The van der Waals surface area contributed by atoms with Crippen LogP contribution in [-0.4, -0.2) is 50.0 Å². The first-order valence-corrected chi connectivity index (χ1v) is 7.71. The molecule has 0 spiro atoms. The topological polar surface area (TPSA) is 88.5 Å². The fraction of sp³-hybridized carbons (Fsp3) is 0.600. The highest BCUT2D eigenvalue weighted by molar-refractivity contribution is 5.73. The van der Waals surface area contributed by atoms with Gasteiger partial charge in [0.05, 0.1) is 19.3 Å². The SMILES string of the molecule is CC(=O)N(Cc1ncc(C)o1)C1CCN(Cc2noc(C)n2)C1. The number of oxazole rings is 1. The van der Waals surface area contributed by atoms with Crippen LogP contribution in [0.15, 0.2) is 15.1 Å². The highest BCUT2D eigenvalue weighted by atomic mass is 16.5. The number of hydrogen-bond donors (Lipinski definition) is 0. The minimum Gasteiger partial charge on any atom is -0.444 e. The molecule has 0 saturated carbocycles. The molecule has 0 N–H and O–H groups in total. The number of rotatable bonds is 5. The number of likely N-dealkylation sites (tertiary alicyclic amines) is 1. The second kappa shape index (κ2) is 6.49. The molecule has 0 aromatic carbocycles. The Kier molecular flexibility index (Phi) is 4.42. The molecule has 1 atom stereocenters. The van der Waals surface area contributed by atoms with E-state index in [2.05, 4.69) is 20.0 Å². The van der Waals surface area contributed by atoms with Crippen LogP contribution in [0.3, 0.4) is 0 Å². The molecular formula is C15H21N5O3. The molecule has 3 rings (SSSR count). The third-order valence-corrected chi connectivity index (χ3v) is 4.00. The maximum Gasteiger partial charge on any atom is 0.223 e. The first kappa shape index (κ1) is 15.7. The van der Waals surface area contributed by atoms with E-state index in [1.807, 2.05) is 11.8 Å². The Labute approximate surface area is 134 Å². The molecular weight excluding hydrogens is 298 g/mol. The minimum atomic E-state index is 0.0307. The molecule has 3 heterocycles. The monoisotopic (exact) mass is 319 g/mol. The fourth-order valence-electron chi connectivity index (χ4n) is 2.93. The molecule has 0 aliphatic carbocycles. The molecule has 2 aromatic heterocycles. The van der Waals surface area contributed by atoms with Crippen molar-refractivity contribution < 1.29 is 13.7 Å². The number of aryl methyl sites for hydroxylation is 2. The van der Waals surface area contributed by atoms with Crippen molar-refractivity contribution in [2.45, 2.75) is 46.3 Å². The average molecular weight is 319 g/mol. The average Bonchev–Trinajstić information content (AvgIpc) is 3.19. The van der Waals surface area contributed by atoms with E-state index in [4.69, 9.17) is 8.94 Å². The number of hydrogen-bond acceptors (Lipinski definition) is 7. The Morgan fingerprint density at radius 2 is 2.30 bits per heavy atom. The predicted octanol–water partition coefficient (Wildman–Crippen LogP) is 1.30. The van der Waals surface area contributed by atoms with Gasteiger partial charge in [0, 0.05) is 33.0 Å². The van der Waals surface area contributed by atoms with Crippen LogP contribution < -0.4 is 0 Å². The predicted molar refractivity (Wildman–Crippen MR) is 80.2 cm³/mol. The zero-order chi connectivity index (χ0) is 16.4. The second-order valence-electron chi connectivity index (χ2n) is 5.92. The lowest BCUT2D eigenvalue weighted by molar-refractivity contribution is -0.132. The van der Waals surface area contributed by atoms with Gasteiger partial charge in [0.1, 0.15) is 5.76 Å². The summed E-state index contributed by atoms with van der Waals surface area (Å²) < 4.78 is 10.5. The van der Waals surface area contributed by atoms with Gasteiger partial charge in [-0.25, -0.2) is 4.98 Å². The van der Waals surface area contributed by atoms with Crippen LogP contribution in [0.5, 0.6) is 0 Å². The van der Waals surface area contributed by atoms with Gasteiger partial charge in [-0.2, -0.15) is 4.98 Å². The molecule has 1 aliphatic rings. The molecule has 1 aliphatic heterocycles. The van der Waals surface area contributed by atoms with Gasteiger partial charge in [-0.15, -0.1) is 0 Å². The van der Waals surface area contributed by atoms with Crippen molar-refractivity contribution in [3.05, 3.63) is 29.6 Å². The van der Waals surface area contributed by atoms with E-state index in [0.717, 1.165) is 25.3 Å². The van der Waals surface area contributed by atoms with Gasteiger partial charge in [0.2, 0.25) is 17.7 Å². The van der Waals surface area contributed by atoms with Crippen molar-refractivity contribution in [3.8, 4) is 0 Å². The lowest BCUT2D eigenvalue weighted by Crippen LogP contribution is -2.40. The van der Waals surface area contributed by atoms with Crippen LogP contribution in [0.25, 0.3) is 0 Å². The summed E-state index contributed by atoms with van der Waals surface area (Å²) in [5.74, 6) is 2.61. The van der Waals surface area contributed by atoms with Crippen molar-refractivity contribution in [3.63, 3.8) is 0 Å². The molecule has 1 amide bonds. The van der Waals surface area contributed by atoms with Crippen LogP contribution >= 0.6 is 0 Å². The summed E-state index contributed by atoms with van der Waals surface area (Å²) in [6.45, 7) is 7.93. The van der Waals surface area contributed by atoms with E-state index in [1.165, 1.54) is 0 Å². The maximum atomic E-state index is 12.0. The van der Waals surface area contributed by atoms with Crippen LogP contribution in [0.2, 0.25) is 0 Å². The second-order valence-corrected chi connectivity index (χ2v) is 5.92. The minimum absolute atomic E-state index is 0.0307. The lowest BCUT2D eigenvalue weighted by atomic mass is 10.2. The van der Waals surface area contributed by atoms with E-state index >= 15 is 0 Å². The van der Waals surface area contributed by atoms with Gasteiger partial charge in [-0.1, -0.05) is 5.16 Å². The Morgan fingerprint density at radius 1 is 1.48 bits per heavy atom. The molecule has 2 aromatic rings. The van der Waals surface area contributed by atoms with Gasteiger partial charge in [0.25, 0.3) is 0 Å². The Morgan fingerprint density at radius 3 is 2.91 bits per heavy atom. The number of carbonyl (C=O) groups is 1. The summed E-state index contributed by atoms with van der Waals surface area (Å²) in [6, 6.07) is 0.146. The lowest BCUT2D eigenvalue weighted by Gasteiger charge is -2.26. The summed E-state index contributed by atoms with van der Waals surface area (Å²) in [7, 11) is 0. The normalized spacial score (nSPS) is 18.5. The highest BCUT2D eigenvalue weighted by Crippen LogP contribution is 2.20. The van der Waals surface area contributed by atoms with Crippen molar-refractivity contribution in [2.75, 3.05) is 13.1 Å². The van der Waals surface area contributed by atoms with Crippen LogP contribution in [0.4, 0.5) is 0 Å². The molecule has 8 heteroatoms. The molecule has 0 bridgehead atoms. The summed E-state index contributed by atoms with van der Waals surface area (Å²) in [5.41, 5.74) is 0. The van der Waals surface area contributed by atoms with E-state index in [9.17, 15) is 4.79 Å². The van der Waals surface area contributed by atoms with Gasteiger partial charge in [-0.3, -0.25) is 9.69 Å². The van der Waals surface area contributed by atoms with Crippen LogP contribution in [0, 0.1) is 13.8 Å². The largest absolute Gasteiger partial charge is 0.444 e. The van der Waals surface area contributed by atoms with E-state index in [1.54, 1.807) is 20.0 Å². The number of carbonyl (C=O) groups excluding carboxylic acids is 1. The summed E-state index contributed by atoms with van der Waals surface area (Å²) in [6.07, 6.45) is 2.59. The van der Waals surface area contributed by atoms with E-state index in [0.29, 0.717) is 30.7 Å². The van der Waals surface area contributed by atoms with E-state index in [-0.39, 0.29) is 11.9 Å². The van der Waals surface area contributed by atoms with Gasteiger partial charge in [0.15, 0.2) is 5.82 Å². The first-order chi connectivity index (χ1) is 11.0. The number of aromatic nitrogens is 3. The molecule has 124 valence electrons. The van der Waals surface area contributed by atoms with Crippen LogP contribution in [0.1, 0.15) is 36.7 Å². The van der Waals surface area contributed by atoms with Gasteiger partial charge in [-0.05, 0) is 13.3 Å². The Hall–Kier alpha value is -2.22. The third kappa shape index (κ3) is 3.76.